The summed E-state index contributed by atoms with van der Waals surface area (Å²) in [6, 6.07) is 1.75. The standard InChI is InChI=1S/C12H15BrN2O3/c1-2-15-6-8(13)5-10(15)11(16)14-9-3-7(4-9)12(17)18/h5-7,9H,2-4H2,1H3,(H,14,16)(H,17,18). The number of carboxylic acids is 1. The third-order valence-electron chi connectivity index (χ3n) is 3.26. The normalized spacial score (nSPS) is 22.3. The van der Waals surface area contributed by atoms with Gasteiger partial charge in [-0.1, -0.05) is 0 Å². The number of hydrogen-bond donors (Lipinski definition) is 2. The van der Waals surface area contributed by atoms with Crippen LogP contribution in [-0.4, -0.2) is 27.6 Å². The maximum Gasteiger partial charge on any atom is 0.306 e. The molecule has 2 N–H and O–H groups in total. The Labute approximate surface area is 113 Å². The molecular formula is C12H15BrN2O3. The van der Waals surface area contributed by atoms with Crippen LogP contribution in [0.25, 0.3) is 0 Å². The topological polar surface area (TPSA) is 71.3 Å². The zero-order valence-electron chi connectivity index (χ0n) is 10.0. The lowest BCUT2D eigenvalue weighted by Crippen LogP contribution is -2.47. The molecule has 1 aromatic rings. The summed E-state index contributed by atoms with van der Waals surface area (Å²) in [7, 11) is 0. The van der Waals surface area contributed by atoms with Crippen molar-refractivity contribution in [1.82, 2.24) is 9.88 Å². The lowest BCUT2D eigenvalue weighted by atomic mass is 9.80. The molecule has 98 valence electrons. The summed E-state index contributed by atoms with van der Waals surface area (Å²) >= 11 is 3.34. The van der Waals surface area contributed by atoms with Crippen molar-refractivity contribution in [2.75, 3.05) is 0 Å². The van der Waals surface area contributed by atoms with Crippen LogP contribution in [0, 0.1) is 5.92 Å². The lowest BCUT2D eigenvalue weighted by Gasteiger charge is -2.32. The van der Waals surface area contributed by atoms with Crippen molar-refractivity contribution in [2.45, 2.75) is 32.4 Å². The maximum atomic E-state index is 12.0. The number of rotatable bonds is 4. The van der Waals surface area contributed by atoms with Crippen LogP contribution in [0.1, 0.15) is 30.3 Å². The molecule has 0 bridgehead atoms. The molecule has 1 aromatic heterocycles. The SMILES string of the molecule is CCn1cc(Br)cc1C(=O)NC1CC(C(=O)O)C1. The minimum absolute atomic E-state index is 0.0161. The molecule has 0 saturated heterocycles. The van der Waals surface area contributed by atoms with Gasteiger partial charge in [0.2, 0.25) is 0 Å². The third kappa shape index (κ3) is 2.58. The highest BCUT2D eigenvalue weighted by Crippen LogP contribution is 2.27. The third-order valence-corrected chi connectivity index (χ3v) is 3.69. The van der Waals surface area contributed by atoms with E-state index in [-0.39, 0.29) is 17.9 Å². The molecular weight excluding hydrogens is 300 g/mol. The van der Waals surface area contributed by atoms with Gasteiger partial charge in [-0.15, -0.1) is 0 Å². The largest absolute Gasteiger partial charge is 0.481 e. The predicted molar refractivity (Wildman–Crippen MR) is 69.4 cm³/mol. The van der Waals surface area contributed by atoms with Crippen molar-refractivity contribution in [3.63, 3.8) is 0 Å². The van der Waals surface area contributed by atoms with Crippen molar-refractivity contribution >= 4 is 27.8 Å². The van der Waals surface area contributed by atoms with E-state index in [0.29, 0.717) is 18.5 Å². The summed E-state index contributed by atoms with van der Waals surface area (Å²) in [6.45, 7) is 2.68. The molecule has 0 spiro atoms. The summed E-state index contributed by atoms with van der Waals surface area (Å²) in [5.74, 6) is -1.23. The van der Waals surface area contributed by atoms with Crippen molar-refractivity contribution in [3.8, 4) is 0 Å². The Morgan fingerprint density at radius 3 is 2.78 bits per heavy atom. The van der Waals surface area contributed by atoms with Crippen LogP contribution < -0.4 is 5.32 Å². The van der Waals surface area contributed by atoms with Gasteiger partial charge in [0.1, 0.15) is 5.69 Å². The number of aliphatic carboxylic acids is 1. The molecule has 1 fully saturated rings. The van der Waals surface area contributed by atoms with Crippen molar-refractivity contribution in [2.24, 2.45) is 5.92 Å². The van der Waals surface area contributed by atoms with Gasteiger partial charge in [-0.25, -0.2) is 0 Å². The number of nitrogens with one attached hydrogen (secondary N) is 1. The summed E-state index contributed by atoms with van der Waals surface area (Å²) in [5, 5.41) is 11.6. The van der Waals surface area contributed by atoms with Crippen LogP contribution in [0.15, 0.2) is 16.7 Å². The highest BCUT2D eigenvalue weighted by Gasteiger charge is 2.35. The summed E-state index contributed by atoms with van der Waals surface area (Å²) in [6.07, 6.45) is 2.90. The molecule has 0 aromatic carbocycles. The van der Waals surface area contributed by atoms with Crippen LogP contribution in [0.2, 0.25) is 0 Å². The van der Waals surface area contributed by atoms with E-state index in [1.165, 1.54) is 0 Å². The Morgan fingerprint density at radius 2 is 2.22 bits per heavy atom. The fraction of sp³-hybridized carbons (Fsp3) is 0.500. The fourth-order valence-corrected chi connectivity index (χ4v) is 2.59. The average Bonchev–Trinajstić information content (AvgIpc) is 2.63. The number of halogens is 1. The summed E-state index contributed by atoms with van der Waals surface area (Å²) in [5.41, 5.74) is 0.600. The molecule has 0 radical (unpaired) electrons. The highest BCUT2D eigenvalue weighted by atomic mass is 79.9. The predicted octanol–water partition coefficient (Wildman–Crippen LogP) is 1.86. The maximum absolute atomic E-state index is 12.0. The number of hydrogen-bond acceptors (Lipinski definition) is 2. The van der Waals surface area contributed by atoms with Crippen LogP contribution >= 0.6 is 15.9 Å². The smallest absolute Gasteiger partial charge is 0.306 e. The van der Waals surface area contributed by atoms with Crippen LogP contribution in [-0.2, 0) is 11.3 Å². The molecule has 0 atom stereocenters. The molecule has 5 nitrogen and oxygen atoms in total. The van der Waals surface area contributed by atoms with E-state index < -0.39 is 5.97 Å². The zero-order chi connectivity index (χ0) is 13.3. The van der Waals surface area contributed by atoms with Gasteiger partial charge in [0, 0.05) is 23.3 Å². The van der Waals surface area contributed by atoms with E-state index in [1.54, 1.807) is 6.07 Å². The van der Waals surface area contributed by atoms with Crippen LogP contribution in [0.4, 0.5) is 0 Å². The Bertz CT molecular complexity index is 478. The number of carboxylic acid groups (broad SMARTS) is 1. The van der Waals surface area contributed by atoms with E-state index in [2.05, 4.69) is 21.2 Å². The lowest BCUT2D eigenvalue weighted by molar-refractivity contribution is -0.145. The minimum Gasteiger partial charge on any atom is -0.481 e. The van der Waals surface area contributed by atoms with E-state index in [9.17, 15) is 9.59 Å². The molecule has 1 amide bonds. The van der Waals surface area contributed by atoms with Crippen molar-refractivity contribution in [1.29, 1.82) is 0 Å². The fourth-order valence-electron chi connectivity index (χ4n) is 2.12. The molecule has 2 rings (SSSR count). The van der Waals surface area contributed by atoms with Gasteiger partial charge < -0.3 is 15.0 Å². The molecule has 1 heterocycles. The van der Waals surface area contributed by atoms with E-state index >= 15 is 0 Å². The van der Waals surface area contributed by atoms with Gasteiger partial charge in [0.05, 0.1) is 5.92 Å². The Kier molecular flexibility index (Phi) is 3.75. The van der Waals surface area contributed by atoms with Gasteiger partial charge in [-0.05, 0) is 41.8 Å². The average molecular weight is 315 g/mol. The van der Waals surface area contributed by atoms with Gasteiger partial charge >= 0.3 is 5.97 Å². The van der Waals surface area contributed by atoms with Crippen molar-refractivity contribution < 1.29 is 14.7 Å². The number of carbonyl (C=O) groups is 2. The van der Waals surface area contributed by atoms with Gasteiger partial charge in [-0.2, -0.15) is 0 Å². The number of carbonyl (C=O) groups excluding carboxylic acids is 1. The number of aromatic nitrogens is 1. The second-order valence-corrected chi connectivity index (χ2v) is 5.42. The molecule has 1 saturated carbocycles. The molecule has 18 heavy (non-hydrogen) atoms. The molecule has 6 heteroatoms. The van der Waals surface area contributed by atoms with Gasteiger partial charge in [0.25, 0.3) is 5.91 Å². The second kappa shape index (κ2) is 5.14. The number of aryl methyl sites for hydroxylation is 1. The van der Waals surface area contributed by atoms with E-state index in [1.807, 2.05) is 17.7 Å². The van der Waals surface area contributed by atoms with Crippen molar-refractivity contribution in [3.05, 3.63) is 22.4 Å². The Morgan fingerprint density at radius 1 is 1.56 bits per heavy atom. The molecule has 1 aliphatic rings. The first-order valence-electron chi connectivity index (χ1n) is 5.90. The molecule has 0 aliphatic heterocycles. The minimum atomic E-state index is -0.778. The van der Waals surface area contributed by atoms with Crippen LogP contribution in [0.3, 0.4) is 0 Å². The molecule has 1 aliphatic carbocycles. The number of nitrogens with zero attached hydrogens (tertiary/aromatic N) is 1. The van der Waals surface area contributed by atoms with E-state index in [4.69, 9.17) is 5.11 Å². The summed E-state index contributed by atoms with van der Waals surface area (Å²) in [4.78, 5) is 22.7. The Hall–Kier alpha value is -1.30. The van der Waals surface area contributed by atoms with Gasteiger partial charge in [0.15, 0.2) is 0 Å². The van der Waals surface area contributed by atoms with Crippen LogP contribution in [0.5, 0.6) is 0 Å². The number of amides is 1. The first kappa shape index (κ1) is 13.1. The summed E-state index contributed by atoms with van der Waals surface area (Å²) < 4.78 is 2.72. The van der Waals surface area contributed by atoms with Gasteiger partial charge in [-0.3, -0.25) is 9.59 Å². The first-order valence-corrected chi connectivity index (χ1v) is 6.70. The Balaban J connectivity index is 1.95. The first-order chi connectivity index (χ1) is 8.51. The zero-order valence-corrected chi connectivity index (χ0v) is 11.6. The monoisotopic (exact) mass is 314 g/mol. The second-order valence-electron chi connectivity index (χ2n) is 4.51. The molecule has 0 unspecified atom stereocenters. The van der Waals surface area contributed by atoms with E-state index in [0.717, 1.165) is 11.0 Å². The quantitative estimate of drug-likeness (QED) is 0.891. The highest BCUT2D eigenvalue weighted by molar-refractivity contribution is 9.10.